The van der Waals surface area contributed by atoms with Crippen LogP contribution in [0, 0.1) is 5.41 Å². The number of hydrogen-bond donors (Lipinski definition) is 1. The molecule has 4 aliphatic rings. The zero-order valence-corrected chi connectivity index (χ0v) is 12.7. The van der Waals surface area contributed by atoms with Crippen molar-refractivity contribution < 1.29 is 14.6 Å². The van der Waals surface area contributed by atoms with Crippen LogP contribution < -0.4 is 0 Å². The first-order chi connectivity index (χ1) is 9.93. The monoisotopic (exact) mass is 290 g/mol. The number of nitrogens with zero attached hydrogens (tertiary/aromatic N) is 2. The third-order valence-electron chi connectivity index (χ3n) is 6.24. The van der Waals surface area contributed by atoms with Crippen LogP contribution in [0.25, 0.3) is 0 Å². The Bertz CT molecular complexity index is 584. The van der Waals surface area contributed by atoms with Crippen molar-refractivity contribution in [2.24, 2.45) is 15.6 Å². The molecule has 114 valence electrons. The Labute approximate surface area is 124 Å². The molecule has 0 radical (unpaired) electrons. The van der Waals surface area contributed by atoms with Gasteiger partial charge in [-0.3, -0.25) is 0 Å². The Morgan fingerprint density at radius 2 is 2.10 bits per heavy atom. The summed E-state index contributed by atoms with van der Waals surface area (Å²) in [5.41, 5.74) is 0.142. The number of fused-ring (bicyclic) bond motifs is 4. The molecule has 4 atom stereocenters. The van der Waals surface area contributed by atoms with E-state index < -0.39 is 17.2 Å². The molecule has 2 aliphatic heterocycles. The van der Waals surface area contributed by atoms with Gasteiger partial charge in [-0.2, -0.15) is 10.2 Å². The predicted molar refractivity (Wildman–Crippen MR) is 75.8 cm³/mol. The fraction of sp³-hybridized carbons (Fsp3) is 0.812. The van der Waals surface area contributed by atoms with Crippen molar-refractivity contribution in [1.29, 1.82) is 0 Å². The number of carbonyl (C=O) groups excluding carboxylic acids is 1. The Morgan fingerprint density at radius 3 is 2.81 bits per heavy atom. The quantitative estimate of drug-likeness (QED) is 0.550. The van der Waals surface area contributed by atoms with E-state index in [0.717, 1.165) is 24.8 Å². The van der Waals surface area contributed by atoms with Gasteiger partial charge in [0, 0.05) is 6.42 Å². The van der Waals surface area contributed by atoms with E-state index in [4.69, 9.17) is 4.74 Å². The first kappa shape index (κ1) is 13.4. The average molecular weight is 290 g/mol. The number of rotatable bonds is 0. The Kier molecular flexibility index (Phi) is 2.52. The summed E-state index contributed by atoms with van der Waals surface area (Å²) >= 11 is 0. The molecular weight excluding hydrogens is 268 g/mol. The van der Waals surface area contributed by atoms with Crippen molar-refractivity contribution in [1.82, 2.24) is 0 Å². The maximum absolute atomic E-state index is 12.5. The van der Waals surface area contributed by atoms with E-state index in [1.54, 1.807) is 0 Å². The lowest BCUT2D eigenvalue weighted by molar-refractivity contribution is -0.144. The van der Waals surface area contributed by atoms with Crippen LogP contribution in [0.4, 0.5) is 0 Å². The summed E-state index contributed by atoms with van der Waals surface area (Å²) < 4.78 is 5.71. The van der Waals surface area contributed by atoms with Crippen LogP contribution in [0.3, 0.4) is 0 Å². The summed E-state index contributed by atoms with van der Waals surface area (Å²) in [7, 11) is 0. The van der Waals surface area contributed by atoms with Gasteiger partial charge in [0.2, 0.25) is 5.54 Å². The van der Waals surface area contributed by atoms with Crippen molar-refractivity contribution in [2.75, 3.05) is 6.54 Å². The number of allylic oxidation sites excluding steroid dienone is 1. The van der Waals surface area contributed by atoms with Crippen LogP contribution in [0.2, 0.25) is 0 Å². The summed E-state index contributed by atoms with van der Waals surface area (Å²) in [6, 6.07) is 0. The van der Waals surface area contributed by atoms with Crippen LogP contribution in [0.5, 0.6) is 0 Å². The highest BCUT2D eigenvalue weighted by atomic mass is 16.6. The average Bonchev–Trinajstić information content (AvgIpc) is 3.00. The van der Waals surface area contributed by atoms with Crippen molar-refractivity contribution in [2.45, 2.75) is 69.6 Å². The minimum Gasteiger partial charge on any atom is -0.453 e. The summed E-state index contributed by atoms with van der Waals surface area (Å²) in [6.45, 7) is 4.87. The largest absolute Gasteiger partial charge is 0.453 e. The van der Waals surface area contributed by atoms with E-state index in [1.807, 2.05) is 0 Å². The van der Waals surface area contributed by atoms with Crippen molar-refractivity contribution in [3.05, 3.63) is 11.1 Å². The Balaban J connectivity index is 1.87. The number of esters is 1. The molecule has 4 rings (SSSR count). The van der Waals surface area contributed by atoms with E-state index in [9.17, 15) is 9.90 Å². The molecular formula is C16H22N2O3. The van der Waals surface area contributed by atoms with E-state index in [-0.39, 0.29) is 11.4 Å². The first-order valence-corrected chi connectivity index (χ1v) is 7.95. The van der Waals surface area contributed by atoms with Gasteiger partial charge in [-0.05, 0) is 50.0 Å². The van der Waals surface area contributed by atoms with Gasteiger partial charge < -0.3 is 9.84 Å². The van der Waals surface area contributed by atoms with Crippen LogP contribution in [0.1, 0.15) is 52.4 Å². The highest BCUT2D eigenvalue weighted by molar-refractivity contribution is 5.87. The smallest absolute Gasteiger partial charge is 0.339 e. The Hall–Kier alpha value is -1.23. The van der Waals surface area contributed by atoms with E-state index in [0.29, 0.717) is 19.4 Å². The first-order valence-electron chi connectivity index (χ1n) is 7.95. The normalized spacial score (nSPS) is 48.5. The molecule has 0 aromatic rings. The van der Waals surface area contributed by atoms with Gasteiger partial charge in [0.15, 0.2) is 6.10 Å². The maximum atomic E-state index is 12.5. The number of azo groups is 1. The highest BCUT2D eigenvalue weighted by Gasteiger charge is 2.72. The molecule has 5 nitrogen and oxygen atoms in total. The lowest BCUT2D eigenvalue weighted by Gasteiger charge is -2.50. The van der Waals surface area contributed by atoms with Gasteiger partial charge in [0.25, 0.3) is 0 Å². The van der Waals surface area contributed by atoms with E-state index >= 15 is 0 Å². The molecule has 5 heteroatoms. The molecule has 1 saturated heterocycles. The SMILES string of the molecule is CC1=C2C3OC(=O)C4(CCN=N4)C3(O)CCC2(C)CCC1. The summed E-state index contributed by atoms with van der Waals surface area (Å²) in [4.78, 5) is 12.5. The lowest BCUT2D eigenvalue weighted by Crippen LogP contribution is -2.60. The van der Waals surface area contributed by atoms with E-state index in [2.05, 4.69) is 24.1 Å². The van der Waals surface area contributed by atoms with Gasteiger partial charge in [-0.1, -0.05) is 12.5 Å². The van der Waals surface area contributed by atoms with Gasteiger partial charge in [0.05, 0.1) is 6.54 Å². The molecule has 2 aliphatic carbocycles. The zero-order chi connectivity index (χ0) is 14.9. The summed E-state index contributed by atoms with van der Waals surface area (Å²) in [5.74, 6) is -0.383. The second kappa shape index (κ2) is 3.94. The summed E-state index contributed by atoms with van der Waals surface area (Å²) in [5, 5.41) is 19.5. The second-order valence-electron chi connectivity index (χ2n) is 7.39. The molecule has 0 aromatic carbocycles. The highest BCUT2D eigenvalue weighted by Crippen LogP contribution is 2.60. The van der Waals surface area contributed by atoms with Crippen LogP contribution in [0.15, 0.2) is 21.4 Å². The van der Waals surface area contributed by atoms with Crippen molar-refractivity contribution >= 4 is 5.97 Å². The molecule has 0 amide bonds. The second-order valence-corrected chi connectivity index (χ2v) is 7.39. The fourth-order valence-corrected chi connectivity index (χ4v) is 5.00. The van der Waals surface area contributed by atoms with E-state index in [1.165, 1.54) is 12.0 Å². The lowest BCUT2D eigenvalue weighted by atomic mass is 9.56. The molecule has 0 bridgehead atoms. The standard InChI is InChI=1S/C16H22N2O3/c1-10-4-3-5-14(2)6-7-16(20)12(11(10)14)21-13(19)15(16)8-9-17-18-15/h12,20H,3-9H2,1-2H3. The van der Waals surface area contributed by atoms with Gasteiger partial charge in [-0.15, -0.1) is 0 Å². The van der Waals surface area contributed by atoms with Crippen molar-refractivity contribution in [3.8, 4) is 0 Å². The molecule has 4 unspecified atom stereocenters. The topological polar surface area (TPSA) is 71.2 Å². The number of ether oxygens (including phenoxy) is 1. The molecule has 0 aromatic heterocycles. The summed E-state index contributed by atoms with van der Waals surface area (Å²) in [6.07, 6.45) is 4.72. The van der Waals surface area contributed by atoms with Crippen LogP contribution >= 0.6 is 0 Å². The third kappa shape index (κ3) is 1.43. The number of carbonyl (C=O) groups is 1. The number of aliphatic hydroxyl groups is 1. The van der Waals surface area contributed by atoms with Crippen LogP contribution in [-0.2, 0) is 9.53 Å². The minimum atomic E-state index is -1.21. The molecule has 2 heterocycles. The third-order valence-corrected chi connectivity index (χ3v) is 6.24. The van der Waals surface area contributed by atoms with Gasteiger partial charge in [0.1, 0.15) is 5.60 Å². The predicted octanol–water partition coefficient (Wildman–Crippen LogP) is 2.54. The molecule has 1 saturated carbocycles. The Morgan fingerprint density at radius 1 is 1.29 bits per heavy atom. The van der Waals surface area contributed by atoms with Gasteiger partial charge >= 0.3 is 5.97 Å². The number of hydrogen-bond acceptors (Lipinski definition) is 5. The molecule has 1 spiro atoms. The van der Waals surface area contributed by atoms with Crippen molar-refractivity contribution in [3.63, 3.8) is 0 Å². The van der Waals surface area contributed by atoms with Crippen LogP contribution in [-0.4, -0.2) is 34.9 Å². The molecule has 2 fully saturated rings. The maximum Gasteiger partial charge on any atom is 0.339 e. The molecule has 1 N–H and O–H groups in total. The zero-order valence-electron chi connectivity index (χ0n) is 12.7. The fourth-order valence-electron chi connectivity index (χ4n) is 5.00. The molecule has 21 heavy (non-hydrogen) atoms. The van der Waals surface area contributed by atoms with Gasteiger partial charge in [-0.25, -0.2) is 4.79 Å². The minimum absolute atomic E-state index is 0.0563.